The van der Waals surface area contributed by atoms with Gasteiger partial charge in [-0.25, -0.2) is 13.2 Å². The van der Waals surface area contributed by atoms with Crippen LogP contribution >= 0.6 is 0 Å². The summed E-state index contributed by atoms with van der Waals surface area (Å²) in [5.41, 5.74) is 0. The molecule has 0 bridgehead atoms. The van der Waals surface area contributed by atoms with Crippen molar-refractivity contribution in [3.8, 4) is 5.75 Å². The Balaban J connectivity index is 2.44. The van der Waals surface area contributed by atoms with Crippen molar-refractivity contribution in [3.05, 3.63) is 29.1 Å². The summed E-state index contributed by atoms with van der Waals surface area (Å²) in [6.45, 7) is 6.92. The molecule has 0 heterocycles. The fourth-order valence-electron chi connectivity index (χ4n) is 2.68. The molecule has 0 spiro atoms. The number of hydrogen-bond donors (Lipinski definition) is 0. The van der Waals surface area contributed by atoms with E-state index in [-0.39, 0.29) is 6.61 Å². The van der Waals surface area contributed by atoms with E-state index in [1.165, 1.54) is 0 Å². The molecule has 162 valence electrons. The minimum Gasteiger partial charge on any atom is -0.487 e. The maximum atomic E-state index is 13.5. The van der Waals surface area contributed by atoms with Crippen molar-refractivity contribution in [1.29, 1.82) is 0 Å². The van der Waals surface area contributed by atoms with Crippen LogP contribution in [0, 0.1) is 29.1 Å². The first-order chi connectivity index (χ1) is 13.3. The molecular weight excluding hydrogens is 403 g/mol. The lowest BCUT2D eigenvalue weighted by atomic mass is 10.2. The Hall–Kier alpha value is -1.23. The number of benzene rings is 1. The average Bonchev–Trinajstić information content (AvgIpc) is 2.67. The molecular formula is C18H27F5O4Si. The second kappa shape index (κ2) is 12.4. The van der Waals surface area contributed by atoms with Crippen molar-refractivity contribution >= 4 is 8.80 Å². The highest BCUT2D eigenvalue weighted by molar-refractivity contribution is 6.60. The van der Waals surface area contributed by atoms with Crippen LogP contribution in [0.15, 0.2) is 0 Å². The number of ether oxygens (including phenoxy) is 1. The lowest BCUT2D eigenvalue weighted by Crippen LogP contribution is -2.45. The van der Waals surface area contributed by atoms with Crippen LogP contribution in [-0.2, 0) is 13.3 Å². The number of halogens is 5. The third-order valence-electron chi connectivity index (χ3n) is 3.89. The van der Waals surface area contributed by atoms with Crippen LogP contribution in [0.1, 0.15) is 46.5 Å². The lowest BCUT2D eigenvalue weighted by molar-refractivity contribution is 0.0706. The van der Waals surface area contributed by atoms with Gasteiger partial charge in [-0.15, -0.1) is 0 Å². The third-order valence-corrected chi connectivity index (χ3v) is 7.04. The summed E-state index contributed by atoms with van der Waals surface area (Å²) >= 11 is 0. The molecule has 28 heavy (non-hydrogen) atoms. The first-order valence-corrected chi connectivity index (χ1v) is 11.3. The second-order valence-corrected chi connectivity index (χ2v) is 8.63. The predicted octanol–water partition coefficient (Wildman–Crippen LogP) is 5.37. The predicted molar refractivity (Wildman–Crippen MR) is 95.6 cm³/mol. The van der Waals surface area contributed by atoms with Gasteiger partial charge in [0.25, 0.3) is 0 Å². The molecule has 4 nitrogen and oxygen atoms in total. The molecule has 1 rings (SSSR count). The van der Waals surface area contributed by atoms with Crippen LogP contribution < -0.4 is 4.74 Å². The second-order valence-electron chi connectivity index (χ2n) is 5.89. The summed E-state index contributed by atoms with van der Waals surface area (Å²) in [5, 5.41) is 0. The fourth-order valence-corrected chi connectivity index (χ4v) is 5.37. The maximum Gasteiger partial charge on any atom is 0.500 e. The zero-order valence-corrected chi connectivity index (χ0v) is 17.4. The minimum atomic E-state index is -2.70. The van der Waals surface area contributed by atoms with Crippen molar-refractivity contribution in [1.82, 2.24) is 0 Å². The van der Waals surface area contributed by atoms with E-state index >= 15 is 0 Å². The Kier molecular flexibility index (Phi) is 10.9. The van der Waals surface area contributed by atoms with Crippen molar-refractivity contribution in [3.63, 3.8) is 0 Å². The molecule has 0 saturated carbocycles. The third kappa shape index (κ3) is 6.68. The van der Waals surface area contributed by atoms with Crippen LogP contribution in [0.4, 0.5) is 22.0 Å². The van der Waals surface area contributed by atoms with Crippen molar-refractivity contribution < 1.29 is 40.0 Å². The number of rotatable bonds is 14. The molecule has 0 aromatic heterocycles. The van der Waals surface area contributed by atoms with Crippen LogP contribution in [0.25, 0.3) is 0 Å². The molecule has 0 aliphatic heterocycles. The van der Waals surface area contributed by atoms with Gasteiger partial charge in [0, 0.05) is 25.9 Å². The normalized spacial score (nSPS) is 11.9. The van der Waals surface area contributed by atoms with E-state index in [0.717, 1.165) is 12.8 Å². The molecule has 0 unspecified atom stereocenters. The SMILES string of the molecule is CCO[Si](CCCCCCOc1c(F)c(F)c(F)c(F)c1F)(OCC)OCC. The Labute approximate surface area is 163 Å². The van der Waals surface area contributed by atoms with Crippen LogP contribution in [-0.4, -0.2) is 35.2 Å². The van der Waals surface area contributed by atoms with Gasteiger partial charge in [0.15, 0.2) is 5.75 Å². The first-order valence-electron chi connectivity index (χ1n) is 9.39. The largest absolute Gasteiger partial charge is 0.500 e. The topological polar surface area (TPSA) is 36.9 Å². The zero-order valence-electron chi connectivity index (χ0n) is 16.4. The highest BCUT2D eigenvalue weighted by Gasteiger charge is 2.39. The summed E-state index contributed by atoms with van der Waals surface area (Å²) in [4.78, 5) is 0. The van der Waals surface area contributed by atoms with E-state index in [0.29, 0.717) is 38.7 Å². The van der Waals surface area contributed by atoms with Gasteiger partial charge in [-0.2, -0.15) is 8.78 Å². The Morgan fingerprint density at radius 2 is 1.04 bits per heavy atom. The van der Waals surface area contributed by atoms with Gasteiger partial charge in [-0.05, 0) is 33.6 Å². The smallest absolute Gasteiger partial charge is 0.487 e. The Morgan fingerprint density at radius 1 is 0.607 bits per heavy atom. The van der Waals surface area contributed by atoms with Crippen molar-refractivity contribution in [2.75, 3.05) is 26.4 Å². The van der Waals surface area contributed by atoms with Crippen LogP contribution in [0.2, 0.25) is 6.04 Å². The number of hydrogen-bond acceptors (Lipinski definition) is 4. The quantitative estimate of drug-likeness (QED) is 0.131. The van der Waals surface area contributed by atoms with Gasteiger partial charge in [0.1, 0.15) is 0 Å². The van der Waals surface area contributed by atoms with Crippen molar-refractivity contribution in [2.45, 2.75) is 52.5 Å². The summed E-state index contributed by atoms with van der Waals surface area (Å²) in [7, 11) is -2.70. The molecule has 0 N–H and O–H groups in total. The molecule has 1 aromatic carbocycles. The lowest BCUT2D eigenvalue weighted by Gasteiger charge is -2.28. The molecule has 1 aromatic rings. The Morgan fingerprint density at radius 3 is 1.50 bits per heavy atom. The molecule has 0 atom stereocenters. The molecule has 0 aliphatic rings. The van der Waals surface area contributed by atoms with Gasteiger partial charge in [0.05, 0.1) is 6.61 Å². The summed E-state index contributed by atoms with van der Waals surface area (Å²) in [5.74, 6) is -11.4. The zero-order chi connectivity index (χ0) is 21.2. The summed E-state index contributed by atoms with van der Waals surface area (Å²) in [6, 6.07) is 0.640. The first kappa shape index (κ1) is 24.8. The average molecular weight is 430 g/mol. The van der Waals surface area contributed by atoms with Gasteiger partial charge < -0.3 is 18.0 Å². The van der Waals surface area contributed by atoms with E-state index in [4.69, 9.17) is 18.0 Å². The van der Waals surface area contributed by atoms with Crippen LogP contribution in [0.3, 0.4) is 0 Å². The van der Waals surface area contributed by atoms with E-state index in [1.54, 1.807) is 0 Å². The van der Waals surface area contributed by atoms with E-state index < -0.39 is 43.6 Å². The number of unbranched alkanes of at least 4 members (excludes halogenated alkanes) is 3. The standard InChI is InChI=1S/C18H27F5O4Si/c1-4-25-28(26-5-2,27-6-3)12-10-8-7-9-11-24-18-16(22)14(20)13(19)15(21)17(18)23/h4-12H2,1-3H3. The highest BCUT2D eigenvalue weighted by Crippen LogP contribution is 2.29. The molecule has 0 radical (unpaired) electrons. The molecule has 0 aliphatic carbocycles. The molecule has 0 saturated heterocycles. The van der Waals surface area contributed by atoms with Crippen LogP contribution in [0.5, 0.6) is 5.75 Å². The van der Waals surface area contributed by atoms with Crippen molar-refractivity contribution in [2.24, 2.45) is 0 Å². The summed E-state index contributed by atoms with van der Waals surface area (Å²) < 4.78 is 88.2. The fraction of sp³-hybridized carbons (Fsp3) is 0.667. The van der Waals surface area contributed by atoms with Gasteiger partial charge in [0.2, 0.25) is 29.1 Å². The molecule has 0 fully saturated rings. The van der Waals surface area contributed by atoms with Gasteiger partial charge in [-0.3, -0.25) is 0 Å². The minimum absolute atomic E-state index is 0.163. The summed E-state index contributed by atoms with van der Waals surface area (Å²) in [6.07, 6.45) is 2.55. The highest BCUT2D eigenvalue weighted by atomic mass is 28.4. The molecule has 0 amide bonds. The monoisotopic (exact) mass is 430 g/mol. The van der Waals surface area contributed by atoms with E-state index in [2.05, 4.69) is 0 Å². The maximum absolute atomic E-state index is 13.5. The van der Waals surface area contributed by atoms with E-state index in [9.17, 15) is 22.0 Å². The van der Waals surface area contributed by atoms with E-state index in [1.807, 2.05) is 20.8 Å². The molecule has 10 heteroatoms. The van der Waals surface area contributed by atoms with Gasteiger partial charge >= 0.3 is 8.80 Å². The Bertz CT molecular complexity index is 572. The van der Waals surface area contributed by atoms with Gasteiger partial charge in [-0.1, -0.05) is 12.8 Å².